The maximum atomic E-state index is 11.5. The second kappa shape index (κ2) is 12.6. The van der Waals surface area contributed by atoms with Gasteiger partial charge in [-0.25, -0.2) is 4.79 Å². The summed E-state index contributed by atoms with van der Waals surface area (Å²) in [4.78, 5) is 33.8. The van der Waals surface area contributed by atoms with Crippen LogP contribution >= 0.6 is 0 Å². The van der Waals surface area contributed by atoms with Crippen molar-refractivity contribution in [2.75, 3.05) is 6.54 Å². The minimum atomic E-state index is -1.32. The number of carboxylic acids is 1. The van der Waals surface area contributed by atoms with E-state index >= 15 is 0 Å². The van der Waals surface area contributed by atoms with Gasteiger partial charge in [-0.2, -0.15) is 0 Å². The number of nitrogens with two attached hydrogens (primary N) is 1. The summed E-state index contributed by atoms with van der Waals surface area (Å²) >= 11 is 0. The average molecular weight is 349 g/mol. The third-order valence-electron chi connectivity index (χ3n) is 2.44. The number of alkyl carbamates (subject to hydrolysis) is 1. The number of rotatable bonds is 5. The van der Waals surface area contributed by atoms with E-state index in [1.807, 2.05) is 27.7 Å². The van der Waals surface area contributed by atoms with Crippen molar-refractivity contribution >= 4 is 18.0 Å². The molecule has 0 aromatic rings. The van der Waals surface area contributed by atoms with Crippen molar-refractivity contribution in [2.24, 2.45) is 11.1 Å². The van der Waals surface area contributed by atoms with E-state index in [4.69, 9.17) is 15.6 Å². The first-order chi connectivity index (χ1) is 10.9. The number of amides is 2. The van der Waals surface area contributed by atoms with Crippen LogP contribution in [0.2, 0.25) is 0 Å². The van der Waals surface area contributed by atoms with Crippen LogP contribution in [0.4, 0.5) is 4.79 Å². The third-order valence-corrected chi connectivity index (χ3v) is 2.44. The molecule has 0 aromatic carbocycles. The third kappa shape index (κ3) is 12.7. The molecule has 0 bridgehead atoms. The van der Waals surface area contributed by atoms with E-state index in [0.717, 1.165) is 0 Å². The second-order valence-electron chi connectivity index (χ2n) is 5.93. The summed E-state index contributed by atoms with van der Waals surface area (Å²) in [5.74, 6) is -1.73. The molecule has 0 heterocycles. The largest absolute Gasteiger partial charge is 0.481 e. The average Bonchev–Trinajstić information content (AvgIpc) is 2.47. The zero-order chi connectivity index (χ0) is 20.1. The van der Waals surface area contributed by atoms with Crippen LogP contribution < -0.4 is 16.4 Å². The van der Waals surface area contributed by atoms with Gasteiger partial charge in [0.05, 0.1) is 11.6 Å². The van der Waals surface area contributed by atoms with Gasteiger partial charge in [0, 0.05) is 0 Å². The maximum absolute atomic E-state index is 11.5. The van der Waals surface area contributed by atoms with Crippen molar-refractivity contribution < 1.29 is 24.2 Å². The standard InChI is InChI=1S/C12H23N3O5.2C2H6/c1-11(2,3)20-10(19)14-6-7(16)15-8(13)12(4,5)9(17)18;2*1-2/h8H,6,13H2,1-5H3,(H,14,19)(H,15,16)(H,17,18);2*1-2H3. The molecule has 0 saturated heterocycles. The minimum Gasteiger partial charge on any atom is -0.481 e. The summed E-state index contributed by atoms with van der Waals surface area (Å²) in [5, 5.41) is 13.5. The fourth-order valence-electron chi connectivity index (χ4n) is 1.00. The molecule has 0 fully saturated rings. The molecule has 5 N–H and O–H groups in total. The van der Waals surface area contributed by atoms with Crippen molar-refractivity contribution in [3.05, 3.63) is 0 Å². The first-order valence-corrected chi connectivity index (χ1v) is 8.11. The number of ether oxygens (including phenoxy) is 1. The Labute approximate surface area is 145 Å². The van der Waals surface area contributed by atoms with Gasteiger partial charge in [0.1, 0.15) is 12.1 Å². The smallest absolute Gasteiger partial charge is 0.408 e. The van der Waals surface area contributed by atoms with Gasteiger partial charge in [-0.15, -0.1) is 0 Å². The van der Waals surface area contributed by atoms with Crippen molar-refractivity contribution in [3.8, 4) is 0 Å². The second-order valence-corrected chi connectivity index (χ2v) is 5.93. The lowest BCUT2D eigenvalue weighted by Gasteiger charge is -2.27. The Morgan fingerprint density at radius 2 is 1.46 bits per heavy atom. The summed E-state index contributed by atoms with van der Waals surface area (Å²) in [6, 6.07) is 0. The predicted octanol–water partition coefficient (Wildman–Crippen LogP) is 2.08. The number of carboxylic acid groups (broad SMARTS) is 1. The zero-order valence-electron chi connectivity index (χ0n) is 16.4. The van der Waals surface area contributed by atoms with Gasteiger partial charge in [-0.1, -0.05) is 27.7 Å². The van der Waals surface area contributed by atoms with E-state index < -0.39 is 35.2 Å². The molecule has 1 unspecified atom stereocenters. The molecular weight excluding hydrogens is 314 g/mol. The lowest BCUT2D eigenvalue weighted by Crippen LogP contribution is -2.56. The van der Waals surface area contributed by atoms with Crippen LogP contribution in [-0.4, -0.2) is 41.4 Å². The van der Waals surface area contributed by atoms with Crippen LogP contribution in [0.25, 0.3) is 0 Å². The van der Waals surface area contributed by atoms with Crippen LogP contribution in [0.3, 0.4) is 0 Å². The molecule has 8 nitrogen and oxygen atoms in total. The molecule has 24 heavy (non-hydrogen) atoms. The Hall–Kier alpha value is -1.83. The molecule has 1 atom stereocenters. The van der Waals surface area contributed by atoms with Gasteiger partial charge in [0.25, 0.3) is 0 Å². The number of carbonyl (C=O) groups excluding carboxylic acids is 2. The fraction of sp³-hybridized carbons (Fsp3) is 0.812. The van der Waals surface area contributed by atoms with E-state index in [1.54, 1.807) is 20.8 Å². The van der Waals surface area contributed by atoms with E-state index in [1.165, 1.54) is 13.8 Å². The Morgan fingerprint density at radius 1 is 1.04 bits per heavy atom. The first-order valence-electron chi connectivity index (χ1n) is 8.11. The maximum Gasteiger partial charge on any atom is 0.408 e. The Kier molecular flexibility index (Phi) is 14.2. The topological polar surface area (TPSA) is 131 Å². The number of nitrogens with one attached hydrogen (secondary N) is 2. The van der Waals surface area contributed by atoms with Crippen molar-refractivity contribution in [3.63, 3.8) is 0 Å². The molecule has 2 amide bonds. The van der Waals surface area contributed by atoms with Crippen LogP contribution in [0.5, 0.6) is 0 Å². The highest BCUT2D eigenvalue weighted by Gasteiger charge is 2.35. The summed E-state index contributed by atoms with van der Waals surface area (Å²) in [6.45, 7) is 15.5. The number of carbonyl (C=O) groups is 3. The van der Waals surface area contributed by atoms with Crippen LogP contribution in [0, 0.1) is 5.41 Å². The predicted molar refractivity (Wildman–Crippen MR) is 94.5 cm³/mol. The van der Waals surface area contributed by atoms with Gasteiger partial charge in [-0.3, -0.25) is 9.59 Å². The quantitative estimate of drug-likeness (QED) is 0.562. The number of hydrogen-bond donors (Lipinski definition) is 4. The van der Waals surface area contributed by atoms with E-state index in [-0.39, 0.29) is 6.54 Å². The van der Waals surface area contributed by atoms with Gasteiger partial charge < -0.3 is 26.2 Å². The minimum absolute atomic E-state index is 0.349. The van der Waals surface area contributed by atoms with Gasteiger partial charge in [0.15, 0.2) is 0 Å². The SMILES string of the molecule is CC.CC.CC(C)(C)OC(=O)NCC(=O)NC(N)C(C)(C)C(=O)O. The summed E-state index contributed by atoms with van der Waals surface area (Å²) < 4.78 is 4.94. The van der Waals surface area contributed by atoms with E-state index in [9.17, 15) is 14.4 Å². The van der Waals surface area contributed by atoms with Gasteiger partial charge in [0.2, 0.25) is 5.91 Å². The zero-order valence-corrected chi connectivity index (χ0v) is 16.4. The van der Waals surface area contributed by atoms with Gasteiger partial charge in [-0.05, 0) is 34.6 Å². The lowest BCUT2D eigenvalue weighted by atomic mass is 9.90. The molecule has 0 aromatic heterocycles. The molecule has 0 aliphatic rings. The molecule has 0 aliphatic carbocycles. The highest BCUT2D eigenvalue weighted by Crippen LogP contribution is 2.17. The number of hydrogen-bond acceptors (Lipinski definition) is 5. The Balaban J connectivity index is -0.00000102. The monoisotopic (exact) mass is 349 g/mol. The summed E-state index contributed by atoms with van der Waals surface area (Å²) in [6.07, 6.45) is -1.81. The van der Waals surface area contributed by atoms with Crippen LogP contribution in [0.15, 0.2) is 0 Å². The first kappa shape index (κ1) is 27.0. The fourth-order valence-corrected chi connectivity index (χ4v) is 1.00. The molecule has 0 saturated carbocycles. The van der Waals surface area contributed by atoms with Crippen molar-refractivity contribution in [1.29, 1.82) is 0 Å². The molecular formula is C16H35N3O5. The van der Waals surface area contributed by atoms with Gasteiger partial charge >= 0.3 is 12.1 Å². The van der Waals surface area contributed by atoms with Crippen LogP contribution in [0.1, 0.15) is 62.3 Å². The van der Waals surface area contributed by atoms with Crippen molar-refractivity contribution in [1.82, 2.24) is 10.6 Å². The van der Waals surface area contributed by atoms with E-state index in [0.29, 0.717) is 0 Å². The normalized spacial score (nSPS) is 11.6. The highest BCUT2D eigenvalue weighted by atomic mass is 16.6. The lowest BCUT2D eigenvalue weighted by molar-refractivity contribution is -0.148. The van der Waals surface area contributed by atoms with Crippen LogP contribution in [-0.2, 0) is 14.3 Å². The summed E-state index contributed by atoms with van der Waals surface area (Å²) in [7, 11) is 0. The summed E-state index contributed by atoms with van der Waals surface area (Å²) in [5.41, 5.74) is 3.62. The highest BCUT2D eigenvalue weighted by molar-refractivity contribution is 5.83. The molecule has 0 aliphatic heterocycles. The molecule has 0 spiro atoms. The molecule has 0 rings (SSSR count). The van der Waals surface area contributed by atoms with Crippen molar-refractivity contribution in [2.45, 2.75) is 74.1 Å². The number of aliphatic carboxylic acids is 1. The molecule has 144 valence electrons. The molecule has 0 radical (unpaired) electrons. The Bertz CT molecular complexity index is 390. The molecule has 8 heteroatoms. The van der Waals surface area contributed by atoms with E-state index in [2.05, 4.69) is 10.6 Å². The Morgan fingerprint density at radius 3 is 1.79 bits per heavy atom.